The van der Waals surface area contributed by atoms with Gasteiger partial charge in [0.15, 0.2) is 0 Å². The summed E-state index contributed by atoms with van der Waals surface area (Å²) in [4.78, 5) is 23.4. The highest BCUT2D eigenvalue weighted by molar-refractivity contribution is 5.96. The lowest BCUT2D eigenvalue weighted by Gasteiger charge is -2.17. The number of amides is 1. The Kier molecular flexibility index (Phi) is 5.57. The van der Waals surface area contributed by atoms with Crippen LogP contribution in [0.4, 0.5) is 0 Å². The molecule has 0 aliphatic rings. The number of hydrogen-bond donors (Lipinski definition) is 3. The lowest BCUT2D eigenvalue weighted by Crippen LogP contribution is -2.44. The topological polar surface area (TPSA) is 104 Å². The summed E-state index contributed by atoms with van der Waals surface area (Å²) in [6.07, 6.45) is 0. The zero-order valence-corrected chi connectivity index (χ0v) is 13.9. The molecule has 1 aromatic carbocycles. The molecule has 1 atom stereocenters. The molecule has 0 aliphatic carbocycles. The smallest absolute Gasteiger partial charge is 0.326 e. The number of carboxylic acids is 1. The average Bonchev–Trinajstić information content (AvgIpc) is 3.02. The quantitative estimate of drug-likeness (QED) is 0.722. The molecule has 7 heteroatoms. The minimum Gasteiger partial charge on any atom is -0.493 e. The van der Waals surface area contributed by atoms with Gasteiger partial charge in [0.1, 0.15) is 17.5 Å². The zero-order chi connectivity index (χ0) is 17.7. The fraction of sp³-hybridized carbons (Fsp3) is 0.353. The molecule has 0 saturated heterocycles. The summed E-state index contributed by atoms with van der Waals surface area (Å²) < 4.78 is 5.56. The van der Waals surface area contributed by atoms with E-state index in [1.54, 1.807) is 19.9 Å². The average molecular weight is 331 g/mol. The second-order valence-electron chi connectivity index (χ2n) is 5.63. The van der Waals surface area contributed by atoms with Gasteiger partial charge in [0, 0.05) is 5.56 Å². The van der Waals surface area contributed by atoms with Crippen LogP contribution in [0.5, 0.6) is 5.75 Å². The predicted octanol–water partition coefficient (Wildman–Crippen LogP) is 2.31. The molecule has 1 heterocycles. The predicted molar refractivity (Wildman–Crippen MR) is 88.9 cm³/mol. The fourth-order valence-electron chi connectivity index (χ4n) is 2.27. The Labute approximate surface area is 140 Å². The lowest BCUT2D eigenvalue weighted by atomic mass is 10.0. The highest BCUT2D eigenvalue weighted by Gasteiger charge is 2.25. The molecule has 0 saturated carbocycles. The van der Waals surface area contributed by atoms with Gasteiger partial charge >= 0.3 is 5.97 Å². The van der Waals surface area contributed by atoms with Crippen LogP contribution in [0.1, 0.15) is 31.3 Å². The van der Waals surface area contributed by atoms with Crippen molar-refractivity contribution in [3.05, 3.63) is 36.0 Å². The van der Waals surface area contributed by atoms with E-state index in [2.05, 4.69) is 15.5 Å². The van der Waals surface area contributed by atoms with Gasteiger partial charge < -0.3 is 15.2 Å². The van der Waals surface area contributed by atoms with E-state index in [4.69, 9.17) is 9.84 Å². The summed E-state index contributed by atoms with van der Waals surface area (Å²) in [7, 11) is 0. The SMILES string of the molecule is CCOc1ccccc1-c1cc(C(=O)N[C@H](C(=O)O)C(C)C)[nH]n1. The van der Waals surface area contributed by atoms with E-state index in [0.717, 1.165) is 5.56 Å². The van der Waals surface area contributed by atoms with Crippen molar-refractivity contribution < 1.29 is 19.4 Å². The Balaban J connectivity index is 2.22. The molecule has 0 bridgehead atoms. The van der Waals surface area contributed by atoms with Crippen LogP contribution in [0.25, 0.3) is 11.3 Å². The van der Waals surface area contributed by atoms with Crippen molar-refractivity contribution in [3.63, 3.8) is 0 Å². The third-order valence-electron chi connectivity index (χ3n) is 3.50. The molecule has 2 aromatic rings. The molecule has 0 aliphatic heterocycles. The van der Waals surface area contributed by atoms with Crippen LogP contribution < -0.4 is 10.1 Å². The number of para-hydroxylation sites is 1. The summed E-state index contributed by atoms with van der Waals surface area (Å²) in [6.45, 7) is 5.87. The first-order valence-corrected chi connectivity index (χ1v) is 7.75. The fourth-order valence-corrected chi connectivity index (χ4v) is 2.27. The van der Waals surface area contributed by atoms with Gasteiger partial charge in [-0.2, -0.15) is 5.10 Å². The molecule has 24 heavy (non-hydrogen) atoms. The molecule has 0 fully saturated rings. The molecular weight excluding hydrogens is 310 g/mol. The van der Waals surface area contributed by atoms with Gasteiger partial charge in [-0.05, 0) is 31.0 Å². The Hall–Kier alpha value is -2.83. The van der Waals surface area contributed by atoms with Crippen molar-refractivity contribution in [2.75, 3.05) is 6.61 Å². The number of aromatic nitrogens is 2. The van der Waals surface area contributed by atoms with Gasteiger partial charge in [0.05, 0.1) is 12.3 Å². The number of rotatable bonds is 7. The maximum Gasteiger partial charge on any atom is 0.326 e. The third kappa shape index (κ3) is 3.92. The first-order valence-electron chi connectivity index (χ1n) is 7.75. The standard InChI is InChI=1S/C17H21N3O4/c1-4-24-14-8-6-5-7-11(14)12-9-13(20-19-12)16(21)18-15(10(2)3)17(22)23/h5-10,15H,4H2,1-3H3,(H,18,21)(H,19,20)(H,22,23)/t15-/m0/s1. The molecule has 3 N–H and O–H groups in total. The number of carbonyl (C=O) groups excluding carboxylic acids is 1. The van der Waals surface area contributed by atoms with Crippen LogP contribution in [0.15, 0.2) is 30.3 Å². The monoisotopic (exact) mass is 331 g/mol. The van der Waals surface area contributed by atoms with Crippen LogP contribution in [0.2, 0.25) is 0 Å². The Bertz CT molecular complexity index is 724. The summed E-state index contributed by atoms with van der Waals surface area (Å²) in [5, 5.41) is 18.4. The minimum absolute atomic E-state index is 0.197. The highest BCUT2D eigenvalue weighted by Crippen LogP contribution is 2.28. The molecule has 0 radical (unpaired) electrons. The van der Waals surface area contributed by atoms with Gasteiger partial charge in [0.25, 0.3) is 5.91 Å². The van der Waals surface area contributed by atoms with Crippen molar-refractivity contribution >= 4 is 11.9 Å². The number of hydrogen-bond acceptors (Lipinski definition) is 4. The minimum atomic E-state index is -1.07. The van der Waals surface area contributed by atoms with Crippen molar-refractivity contribution in [1.82, 2.24) is 15.5 Å². The number of carbonyl (C=O) groups is 2. The van der Waals surface area contributed by atoms with E-state index >= 15 is 0 Å². The Morgan fingerprint density at radius 3 is 2.67 bits per heavy atom. The lowest BCUT2D eigenvalue weighted by molar-refractivity contribution is -0.140. The van der Waals surface area contributed by atoms with Crippen LogP contribution in [0.3, 0.4) is 0 Å². The first-order chi connectivity index (χ1) is 11.4. The highest BCUT2D eigenvalue weighted by atomic mass is 16.5. The van der Waals surface area contributed by atoms with Gasteiger partial charge in [-0.25, -0.2) is 4.79 Å². The Morgan fingerprint density at radius 1 is 1.33 bits per heavy atom. The van der Waals surface area contributed by atoms with Gasteiger partial charge in [-0.15, -0.1) is 0 Å². The van der Waals surface area contributed by atoms with E-state index in [1.807, 2.05) is 31.2 Å². The molecule has 1 amide bonds. The van der Waals surface area contributed by atoms with E-state index in [-0.39, 0.29) is 11.6 Å². The van der Waals surface area contributed by atoms with Crippen molar-refractivity contribution in [2.24, 2.45) is 5.92 Å². The first kappa shape index (κ1) is 17.5. The molecular formula is C17H21N3O4. The van der Waals surface area contributed by atoms with E-state index in [0.29, 0.717) is 18.1 Å². The van der Waals surface area contributed by atoms with Crippen LogP contribution in [-0.2, 0) is 4.79 Å². The van der Waals surface area contributed by atoms with Gasteiger partial charge in [0.2, 0.25) is 0 Å². The van der Waals surface area contributed by atoms with Gasteiger partial charge in [-0.3, -0.25) is 9.89 Å². The summed E-state index contributed by atoms with van der Waals surface area (Å²) in [5.41, 5.74) is 1.51. The number of nitrogens with zero attached hydrogens (tertiary/aromatic N) is 1. The maximum absolute atomic E-state index is 12.2. The zero-order valence-electron chi connectivity index (χ0n) is 13.9. The molecule has 1 aromatic heterocycles. The molecule has 2 rings (SSSR count). The molecule has 0 unspecified atom stereocenters. The van der Waals surface area contributed by atoms with Crippen LogP contribution in [0, 0.1) is 5.92 Å². The summed E-state index contributed by atoms with van der Waals surface area (Å²) >= 11 is 0. The number of aliphatic carboxylic acids is 1. The number of aromatic amines is 1. The number of H-pyrrole nitrogens is 1. The number of carboxylic acid groups (broad SMARTS) is 1. The largest absolute Gasteiger partial charge is 0.493 e. The van der Waals surface area contributed by atoms with Crippen LogP contribution in [-0.4, -0.2) is 39.8 Å². The molecule has 0 spiro atoms. The second-order valence-corrected chi connectivity index (χ2v) is 5.63. The number of nitrogens with one attached hydrogen (secondary N) is 2. The third-order valence-corrected chi connectivity index (χ3v) is 3.50. The van der Waals surface area contributed by atoms with E-state index in [1.165, 1.54) is 0 Å². The number of benzene rings is 1. The number of ether oxygens (including phenoxy) is 1. The van der Waals surface area contributed by atoms with E-state index in [9.17, 15) is 9.59 Å². The molecule has 128 valence electrons. The van der Waals surface area contributed by atoms with Crippen molar-refractivity contribution in [2.45, 2.75) is 26.8 Å². The summed E-state index contributed by atoms with van der Waals surface area (Å²) in [6, 6.07) is 8.00. The summed E-state index contributed by atoms with van der Waals surface area (Å²) in [5.74, 6) is -1.14. The Morgan fingerprint density at radius 2 is 2.04 bits per heavy atom. The second kappa shape index (κ2) is 7.63. The van der Waals surface area contributed by atoms with Gasteiger partial charge in [-0.1, -0.05) is 26.0 Å². The van der Waals surface area contributed by atoms with Crippen molar-refractivity contribution in [1.29, 1.82) is 0 Å². The van der Waals surface area contributed by atoms with Crippen LogP contribution >= 0.6 is 0 Å². The maximum atomic E-state index is 12.2. The molecule has 7 nitrogen and oxygen atoms in total. The normalized spacial score (nSPS) is 12.0. The van der Waals surface area contributed by atoms with E-state index < -0.39 is 17.9 Å². The van der Waals surface area contributed by atoms with Crippen molar-refractivity contribution in [3.8, 4) is 17.0 Å².